The molecule has 0 spiro atoms. The number of rotatable bonds is 2. The molecule has 0 unspecified atom stereocenters. The maximum atomic E-state index is 5.63. The third-order valence-corrected chi connectivity index (χ3v) is 3.19. The van der Waals surface area contributed by atoms with E-state index in [-0.39, 0.29) is 0 Å². The first-order valence-corrected chi connectivity index (χ1v) is 6.48. The number of hydrogen-bond acceptors (Lipinski definition) is 4. The van der Waals surface area contributed by atoms with Gasteiger partial charge in [-0.25, -0.2) is 9.97 Å². The van der Waals surface area contributed by atoms with Gasteiger partial charge in [-0.15, -0.1) is 0 Å². The van der Waals surface area contributed by atoms with E-state index < -0.39 is 0 Å². The van der Waals surface area contributed by atoms with E-state index in [1.54, 1.807) is 0 Å². The standard InChI is InChI=1S/C12H18N4S/c1-9-8-10(11(13)17)15-12(14-9)16-6-4-2-3-5-7-16/h8H,2-7H2,1H3,(H2,13,17). The zero-order valence-corrected chi connectivity index (χ0v) is 11.0. The van der Waals surface area contributed by atoms with Gasteiger partial charge in [0.1, 0.15) is 10.7 Å². The number of nitrogens with zero attached hydrogens (tertiary/aromatic N) is 3. The van der Waals surface area contributed by atoms with Gasteiger partial charge < -0.3 is 10.6 Å². The van der Waals surface area contributed by atoms with Crippen LogP contribution in [0.1, 0.15) is 37.1 Å². The van der Waals surface area contributed by atoms with E-state index in [1.807, 2.05) is 13.0 Å². The lowest BCUT2D eigenvalue weighted by Crippen LogP contribution is -2.27. The highest BCUT2D eigenvalue weighted by Gasteiger charge is 2.14. The van der Waals surface area contributed by atoms with Crippen LogP contribution in [-0.4, -0.2) is 28.0 Å². The van der Waals surface area contributed by atoms with Crippen molar-refractivity contribution >= 4 is 23.2 Å². The minimum absolute atomic E-state index is 0.339. The van der Waals surface area contributed by atoms with E-state index in [2.05, 4.69) is 14.9 Å². The first-order valence-electron chi connectivity index (χ1n) is 6.07. The second-order valence-corrected chi connectivity index (χ2v) is 4.90. The lowest BCUT2D eigenvalue weighted by Gasteiger charge is -2.20. The van der Waals surface area contributed by atoms with E-state index in [4.69, 9.17) is 18.0 Å². The first kappa shape index (κ1) is 12.2. The molecule has 2 N–H and O–H groups in total. The third-order valence-electron chi connectivity index (χ3n) is 2.98. The molecule has 0 aromatic carbocycles. The van der Waals surface area contributed by atoms with Crippen molar-refractivity contribution in [3.05, 3.63) is 17.5 Å². The Morgan fingerprint density at radius 2 is 1.88 bits per heavy atom. The van der Waals surface area contributed by atoms with Gasteiger partial charge >= 0.3 is 0 Å². The third kappa shape index (κ3) is 3.12. The quantitative estimate of drug-likeness (QED) is 0.811. The number of anilines is 1. The molecule has 2 rings (SSSR count). The van der Waals surface area contributed by atoms with Crippen LogP contribution in [0.5, 0.6) is 0 Å². The summed E-state index contributed by atoms with van der Waals surface area (Å²) in [5, 5.41) is 0. The Hall–Kier alpha value is -1.23. The van der Waals surface area contributed by atoms with Crippen LogP contribution in [0.15, 0.2) is 6.07 Å². The smallest absolute Gasteiger partial charge is 0.226 e. The number of aryl methyl sites for hydroxylation is 1. The second kappa shape index (κ2) is 5.40. The van der Waals surface area contributed by atoms with Gasteiger partial charge in [0, 0.05) is 18.8 Å². The predicted octanol–water partition coefficient (Wildman–Crippen LogP) is 1.80. The molecule has 92 valence electrons. The van der Waals surface area contributed by atoms with Crippen molar-refractivity contribution in [2.75, 3.05) is 18.0 Å². The average Bonchev–Trinajstić information content (AvgIpc) is 2.56. The van der Waals surface area contributed by atoms with Crippen LogP contribution >= 0.6 is 12.2 Å². The summed E-state index contributed by atoms with van der Waals surface area (Å²) < 4.78 is 0. The van der Waals surface area contributed by atoms with Crippen LogP contribution < -0.4 is 10.6 Å². The Labute approximate surface area is 107 Å². The van der Waals surface area contributed by atoms with Gasteiger partial charge in [0.05, 0.1) is 0 Å². The van der Waals surface area contributed by atoms with Crippen molar-refractivity contribution < 1.29 is 0 Å². The first-order chi connectivity index (χ1) is 8.16. The fourth-order valence-electron chi connectivity index (χ4n) is 2.09. The summed E-state index contributed by atoms with van der Waals surface area (Å²) in [7, 11) is 0. The minimum Gasteiger partial charge on any atom is -0.388 e. The largest absolute Gasteiger partial charge is 0.388 e. The molecule has 0 radical (unpaired) electrons. The molecule has 2 heterocycles. The highest BCUT2D eigenvalue weighted by atomic mass is 32.1. The van der Waals surface area contributed by atoms with Crippen molar-refractivity contribution in [1.29, 1.82) is 0 Å². The summed E-state index contributed by atoms with van der Waals surface area (Å²) in [6.45, 7) is 4.01. The lowest BCUT2D eigenvalue weighted by atomic mass is 10.2. The topological polar surface area (TPSA) is 55.0 Å². The molecule has 1 aromatic heterocycles. The number of hydrogen-bond donors (Lipinski definition) is 1. The highest BCUT2D eigenvalue weighted by Crippen LogP contribution is 2.16. The molecule has 1 aromatic rings. The van der Waals surface area contributed by atoms with E-state index in [9.17, 15) is 0 Å². The Morgan fingerprint density at radius 1 is 1.24 bits per heavy atom. The molecule has 0 atom stereocenters. The molecule has 1 fully saturated rings. The molecule has 1 aliphatic heterocycles. The number of nitrogens with two attached hydrogens (primary N) is 1. The van der Waals surface area contributed by atoms with Crippen molar-refractivity contribution in [3.8, 4) is 0 Å². The molecule has 0 saturated carbocycles. The molecular weight excluding hydrogens is 232 g/mol. The Kier molecular flexibility index (Phi) is 3.89. The summed E-state index contributed by atoms with van der Waals surface area (Å²) in [5.74, 6) is 0.773. The van der Waals surface area contributed by atoms with Crippen molar-refractivity contribution in [2.45, 2.75) is 32.6 Å². The van der Waals surface area contributed by atoms with E-state index in [0.717, 1.165) is 24.7 Å². The highest BCUT2D eigenvalue weighted by molar-refractivity contribution is 7.80. The van der Waals surface area contributed by atoms with Gasteiger partial charge in [-0.1, -0.05) is 25.1 Å². The molecule has 0 aliphatic carbocycles. The SMILES string of the molecule is Cc1cc(C(N)=S)nc(N2CCCCCC2)n1. The lowest BCUT2D eigenvalue weighted by molar-refractivity contribution is 0.726. The fraction of sp³-hybridized carbons (Fsp3) is 0.583. The average molecular weight is 250 g/mol. The van der Waals surface area contributed by atoms with Gasteiger partial charge in [-0.3, -0.25) is 0 Å². The molecular formula is C12H18N4S. The van der Waals surface area contributed by atoms with Crippen LogP contribution in [0.4, 0.5) is 5.95 Å². The molecule has 0 amide bonds. The van der Waals surface area contributed by atoms with Crippen LogP contribution in [0.2, 0.25) is 0 Å². The van der Waals surface area contributed by atoms with Gasteiger partial charge in [-0.05, 0) is 25.8 Å². The predicted molar refractivity (Wildman–Crippen MR) is 73.3 cm³/mol. The summed E-state index contributed by atoms with van der Waals surface area (Å²) in [4.78, 5) is 11.5. The van der Waals surface area contributed by atoms with Crippen LogP contribution in [-0.2, 0) is 0 Å². The van der Waals surface area contributed by atoms with E-state index >= 15 is 0 Å². The van der Waals surface area contributed by atoms with Crippen LogP contribution in [0.3, 0.4) is 0 Å². The van der Waals surface area contributed by atoms with Gasteiger partial charge in [0.2, 0.25) is 5.95 Å². The molecule has 0 bridgehead atoms. The zero-order valence-electron chi connectivity index (χ0n) is 10.1. The normalized spacial score (nSPS) is 16.6. The second-order valence-electron chi connectivity index (χ2n) is 4.46. The molecule has 1 saturated heterocycles. The molecule has 1 aliphatic rings. The van der Waals surface area contributed by atoms with Gasteiger partial charge in [0.25, 0.3) is 0 Å². The molecule has 4 nitrogen and oxygen atoms in total. The van der Waals surface area contributed by atoms with Gasteiger partial charge in [-0.2, -0.15) is 0 Å². The number of aromatic nitrogens is 2. The summed E-state index contributed by atoms with van der Waals surface area (Å²) >= 11 is 4.98. The maximum absolute atomic E-state index is 5.63. The molecule has 17 heavy (non-hydrogen) atoms. The zero-order chi connectivity index (χ0) is 12.3. The van der Waals surface area contributed by atoms with Crippen molar-refractivity contribution in [2.24, 2.45) is 5.73 Å². The fourth-order valence-corrected chi connectivity index (χ4v) is 2.20. The van der Waals surface area contributed by atoms with Crippen LogP contribution in [0, 0.1) is 6.92 Å². The van der Waals surface area contributed by atoms with E-state index in [1.165, 1.54) is 25.7 Å². The van der Waals surface area contributed by atoms with Crippen molar-refractivity contribution in [1.82, 2.24) is 9.97 Å². The summed E-state index contributed by atoms with van der Waals surface area (Å²) in [6, 6.07) is 1.84. The van der Waals surface area contributed by atoms with Crippen molar-refractivity contribution in [3.63, 3.8) is 0 Å². The Morgan fingerprint density at radius 3 is 2.47 bits per heavy atom. The Bertz CT molecular complexity index is 411. The minimum atomic E-state index is 0.339. The Balaban J connectivity index is 2.27. The maximum Gasteiger partial charge on any atom is 0.226 e. The summed E-state index contributed by atoms with van der Waals surface area (Å²) in [5.41, 5.74) is 7.23. The van der Waals surface area contributed by atoms with Crippen LogP contribution in [0.25, 0.3) is 0 Å². The monoisotopic (exact) mass is 250 g/mol. The summed E-state index contributed by atoms with van der Waals surface area (Å²) in [6.07, 6.45) is 5.01. The van der Waals surface area contributed by atoms with Gasteiger partial charge in [0.15, 0.2) is 0 Å². The molecule has 5 heteroatoms. The van der Waals surface area contributed by atoms with E-state index in [0.29, 0.717) is 10.7 Å². The number of thiocarbonyl (C=S) groups is 1.